The van der Waals surface area contributed by atoms with Crippen molar-refractivity contribution in [1.29, 1.82) is 0 Å². The Morgan fingerprint density at radius 3 is 3.09 bits per heavy atom. The highest BCUT2D eigenvalue weighted by molar-refractivity contribution is 5.98. The van der Waals surface area contributed by atoms with Crippen molar-refractivity contribution in [1.82, 2.24) is 10.2 Å². The predicted molar refractivity (Wildman–Crippen MR) is 87.2 cm³/mol. The summed E-state index contributed by atoms with van der Waals surface area (Å²) in [4.78, 5) is 14.3. The van der Waals surface area contributed by atoms with Crippen LogP contribution in [0.15, 0.2) is 18.2 Å². The maximum atomic E-state index is 11.7. The van der Waals surface area contributed by atoms with Crippen molar-refractivity contribution < 1.29 is 9.53 Å². The Bertz CT molecular complexity index is 530. The van der Waals surface area contributed by atoms with E-state index in [0.29, 0.717) is 12.5 Å². The Labute approximate surface area is 132 Å². The molecule has 1 N–H and O–H groups in total. The summed E-state index contributed by atoms with van der Waals surface area (Å²) in [5, 5.41) is 2.84. The minimum absolute atomic E-state index is 0.0186. The summed E-state index contributed by atoms with van der Waals surface area (Å²) < 4.78 is 5.97. The first kappa shape index (κ1) is 15.3. The largest absolute Gasteiger partial charge is 0.493 e. The average molecular weight is 302 g/mol. The van der Waals surface area contributed by atoms with E-state index in [0.717, 1.165) is 23.5 Å². The number of nitrogens with zero attached hydrogens (tertiary/aromatic N) is 1. The van der Waals surface area contributed by atoms with Crippen molar-refractivity contribution in [3.63, 3.8) is 0 Å². The number of hydrogen-bond acceptors (Lipinski definition) is 3. The van der Waals surface area contributed by atoms with E-state index in [1.54, 1.807) is 0 Å². The highest BCUT2D eigenvalue weighted by atomic mass is 16.5. The summed E-state index contributed by atoms with van der Waals surface area (Å²) in [6.07, 6.45) is 4.95. The van der Waals surface area contributed by atoms with Gasteiger partial charge in [0.15, 0.2) is 0 Å². The lowest BCUT2D eigenvalue weighted by molar-refractivity contribution is 0.0965. The molecule has 2 aliphatic rings. The van der Waals surface area contributed by atoms with Crippen LogP contribution in [0.1, 0.15) is 48.5 Å². The van der Waals surface area contributed by atoms with E-state index in [2.05, 4.69) is 17.1 Å². The van der Waals surface area contributed by atoms with Gasteiger partial charge in [-0.3, -0.25) is 4.79 Å². The number of rotatable bonds is 5. The van der Waals surface area contributed by atoms with Crippen molar-refractivity contribution in [2.24, 2.45) is 5.92 Å². The van der Waals surface area contributed by atoms with Gasteiger partial charge in [0.05, 0.1) is 6.61 Å². The van der Waals surface area contributed by atoms with Crippen LogP contribution in [0.5, 0.6) is 5.75 Å². The first-order valence-electron chi connectivity index (χ1n) is 8.52. The lowest BCUT2D eigenvalue weighted by Crippen LogP contribution is -2.25. The van der Waals surface area contributed by atoms with E-state index in [1.165, 1.54) is 45.3 Å². The molecule has 4 nitrogen and oxygen atoms in total. The lowest BCUT2D eigenvalue weighted by Gasteiger charge is -2.19. The van der Waals surface area contributed by atoms with Crippen LogP contribution in [0, 0.1) is 5.92 Å². The summed E-state index contributed by atoms with van der Waals surface area (Å²) in [5.41, 5.74) is 1.84. The molecule has 1 saturated heterocycles. The molecule has 0 aromatic heterocycles. The van der Waals surface area contributed by atoms with Gasteiger partial charge in [-0.1, -0.05) is 13.0 Å². The van der Waals surface area contributed by atoms with Crippen LogP contribution >= 0.6 is 0 Å². The van der Waals surface area contributed by atoms with E-state index >= 15 is 0 Å². The Kier molecular flexibility index (Phi) is 4.98. The highest BCUT2D eigenvalue weighted by Crippen LogP contribution is 2.24. The van der Waals surface area contributed by atoms with Gasteiger partial charge in [-0.25, -0.2) is 0 Å². The Morgan fingerprint density at radius 2 is 2.23 bits per heavy atom. The molecule has 22 heavy (non-hydrogen) atoms. The molecular weight excluding hydrogens is 276 g/mol. The molecule has 3 rings (SSSR count). The molecule has 1 aromatic carbocycles. The zero-order valence-electron chi connectivity index (χ0n) is 13.4. The fourth-order valence-electron chi connectivity index (χ4n) is 3.43. The van der Waals surface area contributed by atoms with Gasteiger partial charge in [0, 0.05) is 12.1 Å². The number of ether oxygens (including phenoxy) is 1. The summed E-state index contributed by atoms with van der Waals surface area (Å²) in [7, 11) is 0. The molecule has 1 aromatic rings. The van der Waals surface area contributed by atoms with Crippen LogP contribution in [-0.4, -0.2) is 37.0 Å². The topological polar surface area (TPSA) is 41.6 Å². The summed E-state index contributed by atoms with van der Waals surface area (Å²) in [5.74, 6) is 1.47. The number of fused-ring (bicyclic) bond motifs is 1. The molecule has 1 unspecified atom stereocenters. The first-order chi connectivity index (χ1) is 10.8. The number of likely N-dealkylation sites (tertiary alicyclic amines) is 1. The van der Waals surface area contributed by atoms with E-state index in [9.17, 15) is 4.79 Å². The Morgan fingerprint density at radius 1 is 1.32 bits per heavy atom. The summed E-state index contributed by atoms with van der Waals surface area (Å²) >= 11 is 0. The standard InChI is InChI=1S/C18H26N2O2/c1-2-8-20-9-3-4-14(7-10-20)13-22-16-6-5-15-12-19-18(21)17(15)11-16/h5-6,11,14H,2-4,7-10,12-13H2,1H3,(H,19,21). The summed E-state index contributed by atoms with van der Waals surface area (Å²) in [6.45, 7) is 7.28. The third-order valence-electron chi connectivity index (χ3n) is 4.73. The first-order valence-corrected chi connectivity index (χ1v) is 8.52. The number of hydrogen-bond donors (Lipinski definition) is 1. The highest BCUT2D eigenvalue weighted by Gasteiger charge is 2.20. The minimum atomic E-state index is 0.0186. The second-order valence-corrected chi connectivity index (χ2v) is 6.45. The van der Waals surface area contributed by atoms with Gasteiger partial charge < -0.3 is 15.0 Å². The van der Waals surface area contributed by atoms with Crippen LogP contribution in [0.2, 0.25) is 0 Å². The molecule has 4 heteroatoms. The van der Waals surface area contributed by atoms with Crippen molar-refractivity contribution in [3.8, 4) is 5.75 Å². The van der Waals surface area contributed by atoms with Gasteiger partial charge in [-0.2, -0.15) is 0 Å². The molecule has 2 heterocycles. The lowest BCUT2D eigenvalue weighted by atomic mass is 10.0. The van der Waals surface area contributed by atoms with Gasteiger partial charge in [-0.15, -0.1) is 0 Å². The van der Waals surface area contributed by atoms with E-state index in [1.807, 2.05) is 18.2 Å². The monoisotopic (exact) mass is 302 g/mol. The molecule has 2 aliphatic heterocycles. The maximum absolute atomic E-state index is 11.7. The van der Waals surface area contributed by atoms with E-state index < -0.39 is 0 Å². The van der Waals surface area contributed by atoms with Gasteiger partial charge in [0.1, 0.15) is 5.75 Å². The van der Waals surface area contributed by atoms with Crippen molar-refractivity contribution in [3.05, 3.63) is 29.3 Å². The molecule has 1 amide bonds. The van der Waals surface area contributed by atoms with Crippen LogP contribution < -0.4 is 10.1 Å². The van der Waals surface area contributed by atoms with Gasteiger partial charge >= 0.3 is 0 Å². The molecule has 0 spiro atoms. The maximum Gasteiger partial charge on any atom is 0.252 e. The quantitative estimate of drug-likeness (QED) is 0.909. The number of carbonyl (C=O) groups is 1. The Hall–Kier alpha value is -1.55. The van der Waals surface area contributed by atoms with Crippen LogP contribution in [0.3, 0.4) is 0 Å². The van der Waals surface area contributed by atoms with Crippen molar-refractivity contribution in [2.75, 3.05) is 26.2 Å². The van der Waals surface area contributed by atoms with Crippen molar-refractivity contribution in [2.45, 2.75) is 39.2 Å². The molecule has 0 bridgehead atoms. The predicted octanol–water partition coefficient (Wildman–Crippen LogP) is 2.82. The van der Waals surface area contributed by atoms with Crippen LogP contribution in [0.25, 0.3) is 0 Å². The van der Waals surface area contributed by atoms with Gasteiger partial charge in [-0.05, 0) is 68.9 Å². The molecule has 120 valence electrons. The zero-order valence-corrected chi connectivity index (χ0v) is 13.4. The number of amides is 1. The average Bonchev–Trinajstić information content (AvgIpc) is 2.75. The molecule has 1 atom stereocenters. The number of nitrogens with one attached hydrogen (secondary N) is 1. The van der Waals surface area contributed by atoms with E-state index in [4.69, 9.17) is 4.74 Å². The molecular formula is C18H26N2O2. The van der Waals surface area contributed by atoms with Crippen LogP contribution in [-0.2, 0) is 6.54 Å². The normalized spacial score (nSPS) is 22.0. The smallest absolute Gasteiger partial charge is 0.252 e. The number of carbonyl (C=O) groups excluding carboxylic acids is 1. The van der Waals surface area contributed by atoms with E-state index in [-0.39, 0.29) is 5.91 Å². The second kappa shape index (κ2) is 7.14. The van der Waals surface area contributed by atoms with Crippen molar-refractivity contribution >= 4 is 5.91 Å². The molecule has 0 aliphatic carbocycles. The molecule has 0 saturated carbocycles. The third kappa shape index (κ3) is 3.61. The SMILES string of the molecule is CCCN1CCCC(COc2ccc3c(c2)C(=O)NC3)CC1. The Balaban J connectivity index is 1.52. The summed E-state index contributed by atoms with van der Waals surface area (Å²) in [6, 6.07) is 5.87. The number of benzene rings is 1. The van der Waals surface area contributed by atoms with Gasteiger partial charge in [0.25, 0.3) is 5.91 Å². The third-order valence-corrected chi connectivity index (χ3v) is 4.73. The fraction of sp³-hybridized carbons (Fsp3) is 0.611. The van der Waals surface area contributed by atoms with Crippen LogP contribution in [0.4, 0.5) is 0 Å². The fourth-order valence-corrected chi connectivity index (χ4v) is 3.43. The van der Waals surface area contributed by atoms with Gasteiger partial charge in [0.2, 0.25) is 0 Å². The molecule has 1 fully saturated rings. The minimum Gasteiger partial charge on any atom is -0.493 e. The zero-order chi connectivity index (χ0) is 15.4. The second-order valence-electron chi connectivity index (χ2n) is 6.45. The molecule has 0 radical (unpaired) electrons.